The maximum Gasteiger partial charge on any atom is 0.412 e. The van der Waals surface area contributed by atoms with E-state index in [2.05, 4.69) is 5.32 Å². The minimum absolute atomic E-state index is 0.372. The Balaban J connectivity index is 0.000000396. The van der Waals surface area contributed by atoms with E-state index in [4.69, 9.17) is 4.74 Å². The fourth-order valence-corrected chi connectivity index (χ4v) is 1.05. The molecule has 1 N–H and O–H groups in total. The number of nitrogens with one attached hydrogen (secondary N) is 1. The molecule has 0 unspecified atom stereocenters. The molecule has 0 saturated carbocycles. The molecule has 0 saturated heterocycles. The van der Waals surface area contributed by atoms with Gasteiger partial charge in [-0.25, -0.2) is 4.79 Å². The third kappa shape index (κ3) is 2.21. The molecule has 0 fully saturated rings. The van der Waals surface area contributed by atoms with Crippen molar-refractivity contribution >= 4 is 6.09 Å². The second kappa shape index (κ2) is 4.50. The van der Waals surface area contributed by atoms with Crippen molar-refractivity contribution in [2.45, 2.75) is 20.4 Å². The van der Waals surface area contributed by atoms with Crippen molar-refractivity contribution in [3.63, 3.8) is 0 Å². The summed E-state index contributed by atoms with van der Waals surface area (Å²) in [5, 5.41) is 2.58. The molecule has 0 atom stereocenters. The van der Waals surface area contributed by atoms with E-state index >= 15 is 0 Å². The van der Waals surface area contributed by atoms with Crippen molar-refractivity contribution in [2.75, 3.05) is 0 Å². The van der Waals surface area contributed by atoms with Crippen LogP contribution in [0, 0.1) is 0 Å². The zero-order valence-corrected chi connectivity index (χ0v) is 7.83. The maximum atomic E-state index is 10.7. The van der Waals surface area contributed by atoms with Gasteiger partial charge in [-0.15, -0.1) is 0 Å². The molecule has 1 aliphatic heterocycles. The summed E-state index contributed by atoms with van der Waals surface area (Å²) < 4.78 is 4.88. The molecular weight excluding hydrogens is 166 g/mol. The van der Waals surface area contributed by atoms with Crippen LogP contribution in [-0.2, 0) is 6.54 Å². The average molecular weight is 179 g/mol. The summed E-state index contributed by atoms with van der Waals surface area (Å²) >= 11 is 0. The first kappa shape index (κ1) is 9.58. The Morgan fingerprint density at radius 1 is 1.31 bits per heavy atom. The second-order valence-electron chi connectivity index (χ2n) is 2.35. The summed E-state index contributed by atoms with van der Waals surface area (Å²) in [5.41, 5.74) is 1.02. The summed E-state index contributed by atoms with van der Waals surface area (Å²) in [6.07, 6.45) is -0.372. The molecule has 0 aliphatic carbocycles. The number of benzene rings is 1. The van der Waals surface area contributed by atoms with Gasteiger partial charge in [0.25, 0.3) is 0 Å². The van der Waals surface area contributed by atoms with Crippen molar-refractivity contribution in [2.24, 2.45) is 0 Å². The highest BCUT2D eigenvalue weighted by molar-refractivity contribution is 5.72. The number of ether oxygens (including phenoxy) is 1. The van der Waals surface area contributed by atoms with Gasteiger partial charge in [-0.1, -0.05) is 32.0 Å². The average Bonchev–Trinajstić information content (AvgIpc) is 2.21. The Kier molecular flexibility index (Phi) is 3.31. The van der Waals surface area contributed by atoms with E-state index in [1.165, 1.54) is 0 Å². The molecule has 13 heavy (non-hydrogen) atoms. The van der Waals surface area contributed by atoms with Gasteiger partial charge in [0.15, 0.2) is 0 Å². The molecule has 70 valence electrons. The van der Waals surface area contributed by atoms with E-state index in [1.54, 1.807) is 6.07 Å². The summed E-state index contributed by atoms with van der Waals surface area (Å²) in [5.74, 6) is 0.663. The van der Waals surface area contributed by atoms with Gasteiger partial charge >= 0.3 is 6.09 Å². The van der Waals surface area contributed by atoms with Crippen molar-refractivity contribution in [3.05, 3.63) is 29.8 Å². The van der Waals surface area contributed by atoms with E-state index in [0.29, 0.717) is 12.3 Å². The smallest absolute Gasteiger partial charge is 0.410 e. The Labute approximate surface area is 77.7 Å². The molecular formula is C10H13NO2. The lowest BCUT2D eigenvalue weighted by Crippen LogP contribution is -2.30. The Morgan fingerprint density at radius 2 is 2.00 bits per heavy atom. The van der Waals surface area contributed by atoms with E-state index in [9.17, 15) is 4.79 Å². The van der Waals surface area contributed by atoms with Crippen LogP contribution in [0.4, 0.5) is 4.79 Å². The number of para-hydroxylation sites is 1. The van der Waals surface area contributed by atoms with Gasteiger partial charge in [-0.3, -0.25) is 0 Å². The van der Waals surface area contributed by atoms with E-state index in [-0.39, 0.29) is 6.09 Å². The third-order valence-electron chi connectivity index (χ3n) is 1.60. The number of hydrogen-bond donors (Lipinski definition) is 1. The predicted octanol–water partition coefficient (Wildman–Crippen LogP) is 2.31. The number of fused-ring (bicyclic) bond motifs is 1. The highest BCUT2D eigenvalue weighted by atomic mass is 16.6. The van der Waals surface area contributed by atoms with Crippen LogP contribution >= 0.6 is 0 Å². The molecule has 0 spiro atoms. The molecule has 1 amide bonds. The first-order chi connectivity index (χ1) is 6.36. The van der Waals surface area contributed by atoms with Crippen LogP contribution < -0.4 is 10.1 Å². The van der Waals surface area contributed by atoms with Gasteiger partial charge in [-0.2, -0.15) is 0 Å². The molecule has 1 aromatic rings. The minimum Gasteiger partial charge on any atom is -0.410 e. The minimum atomic E-state index is -0.372. The molecule has 3 heteroatoms. The van der Waals surface area contributed by atoms with Crippen molar-refractivity contribution < 1.29 is 9.53 Å². The molecule has 1 aliphatic rings. The highest BCUT2D eigenvalue weighted by Crippen LogP contribution is 2.20. The lowest BCUT2D eigenvalue weighted by atomic mass is 10.2. The van der Waals surface area contributed by atoms with Gasteiger partial charge in [-0.05, 0) is 6.07 Å². The van der Waals surface area contributed by atoms with Crippen LogP contribution in [-0.4, -0.2) is 6.09 Å². The van der Waals surface area contributed by atoms with Crippen LogP contribution in [0.2, 0.25) is 0 Å². The van der Waals surface area contributed by atoms with Crippen LogP contribution in [0.3, 0.4) is 0 Å². The normalized spacial score (nSPS) is 12.9. The molecule has 0 bridgehead atoms. The van der Waals surface area contributed by atoms with E-state index < -0.39 is 0 Å². The van der Waals surface area contributed by atoms with E-state index in [0.717, 1.165) is 5.56 Å². The van der Waals surface area contributed by atoms with E-state index in [1.807, 2.05) is 32.0 Å². The summed E-state index contributed by atoms with van der Waals surface area (Å²) in [4.78, 5) is 10.7. The topological polar surface area (TPSA) is 38.3 Å². The SMILES string of the molecule is CC.O=C1NCc2ccccc2O1. The van der Waals surface area contributed by atoms with Crippen LogP contribution in [0.1, 0.15) is 19.4 Å². The fraction of sp³-hybridized carbons (Fsp3) is 0.300. The molecule has 3 nitrogen and oxygen atoms in total. The summed E-state index contributed by atoms with van der Waals surface area (Å²) in [6.45, 7) is 4.56. The van der Waals surface area contributed by atoms with Crippen molar-refractivity contribution in [1.82, 2.24) is 5.32 Å². The number of carbonyl (C=O) groups is 1. The van der Waals surface area contributed by atoms with Crippen LogP contribution in [0.25, 0.3) is 0 Å². The lowest BCUT2D eigenvalue weighted by Gasteiger charge is -2.15. The number of amides is 1. The molecule has 1 aromatic carbocycles. The summed E-state index contributed by atoms with van der Waals surface area (Å²) in [6, 6.07) is 7.47. The summed E-state index contributed by atoms with van der Waals surface area (Å²) in [7, 11) is 0. The lowest BCUT2D eigenvalue weighted by molar-refractivity contribution is 0.194. The maximum absolute atomic E-state index is 10.7. The predicted molar refractivity (Wildman–Crippen MR) is 50.7 cm³/mol. The van der Waals surface area contributed by atoms with Gasteiger partial charge in [0, 0.05) is 12.1 Å². The molecule has 0 radical (unpaired) electrons. The van der Waals surface area contributed by atoms with Crippen molar-refractivity contribution in [3.8, 4) is 5.75 Å². The monoisotopic (exact) mass is 179 g/mol. The van der Waals surface area contributed by atoms with Crippen LogP contribution in [0.5, 0.6) is 5.75 Å². The first-order valence-electron chi connectivity index (χ1n) is 4.40. The Hall–Kier alpha value is -1.51. The largest absolute Gasteiger partial charge is 0.412 e. The highest BCUT2D eigenvalue weighted by Gasteiger charge is 2.13. The third-order valence-corrected chi connectivity index (χ3v) is 1.60. The van der Waals surface area contributed by atoms with Gasteiger partial charge in [0.05, 0.1) is 0 Å². The van der Waals surface area contributed by atoms with Crippen molar-refractivity contribution in [1.29, 1.82) is 0 Å². The number of hydrogen-bond acceptors (Lipinski definition) is 2. The van der Waals surface area contributed by atoms with Gasteiger partial charge in [0.2, 0.25) is 0 Å². The zero-order chi connectivity index (χ0) is 9.68. The number of carbonyl (C=O) groups excluding carboxylic acids is 1. The Bertz CT molecular complexity index is 297. The number of rotatable bonds is 0. The van der Waals surface area contributed by atoms with Gasteiger partial charge < -0.3 is 10.1 Å². The molecule has 2 rings (SSSR count). The second-order valence-corrected chi connectivity index (χ2v) is 2.35. The first-order valence-corrected chi connectivity index (χ1v) is 4.40. The standard InChI is InChI=1S/C8H7NO2.C2H6/c10-8-9-5-6-3-1-2-4-7(6)11-8;1-2/h1-4H,5H2,(H,9,10);1-2H3. The Morgan fingerprint density at radius 3 is 2.77 bits per heavy atom. The fourth-order valence-electron chi connectivity index (χ4n) is 1.05. The quantitative estimate of drug-likeness (QED) is 0.663. The molecule has 0 aromatic heterocycles. The van der Waals surface area contributed by atoms with Crippen LogP contribution in [0.15, 0.2) is 24.3 Å². The zero-order valence-electron chi connectivity index (χ0n) is 7.83. The van der Waals surface area contributed by atoms with Gasteiger partial charge in [0.1, 0.15) is 5.75 Å². The molecule has 1 heterocycles.